The second-order valence-electron chi connectivity index (χ2n) is 4.38. The fourth-order valence-corrected chi connectivity index (χ4v) is 2.00. The van der Waals surface area contributed by atoms with Crippen LogP contribution in [0.1, 0.15) is 37.3 Å². The van der Waals surface area contributed by atoms with E-state index in [1.807, 2.05) is 6.92 Å². The maximum absolute atomic E-state index is 5.72. The first kappa shape index (κ1) is 10.6. The maximum Gasteiger partial charge on any atom is 0.197 e. The average molecular weight is 209 g/mol. The van der Waals surface area contributed by atoms with Gasteiger partial charge in [0.2, 0.25) is 0 Å². The first-order chi connectivity index (χ1) is 7.25. The highest BCUT2D eigenvalue weighted by Gasteiger charge is 2.20. The van der Waals surface area contributed by atoms with Gasteiger partial charge in [0.15, 0.2) is 5.89 Å². The van der Waals surface area contributed by atoms with Crippen molar-refractivity contribution < 1.29 is 4.42 Å². The van der Waals surface area contributed by atoms with Gasteiger partial charge in [0.25, 0.3) is 0 Å². The largest absolute Gasteiger partial charge is 0.448 e. The molecule has 4 nitrogen and oxygen atoms in total. The van der Waals surface area contributed by atoms with Crippen LogP contribution in [0.3, 0.4) is 0 Å². The highest BCUT2D eigenvalue weighted by Crippen LogP contribution is 2.24. The number of hydrogen-bond donors (Lipinski definition) is 2. The molecule has 0 spiro atoms. The van der Waals surface area contributed by atoms with Gasteiger partial charge in [-0.3, -0.25) is 0 Å². The third-order valence-electron chi connectivity index (χ3n) is 2.79. The Kier molecular flexibility index (Phi) is 3.38. The molecule has 1 saturated heterocycles. The van der Waals surface area contributed by atoms with E-state index in [1.165, 1.54) is 0 Å². The number of oxazole rings is 1. The van der Waals surface area contributed by atoms with E-state index in [0.717, 1.165) is 43.9 Å². The Bertz CT molecular complexity index is 303. The third-order valence-corrected chi connectivity index (χ3v) is 2.79. The van der Waals surface area contributed by atoms with E-state index >= 15 is 0 Å². The van der Waals surface area contributed by atoms with E-state index in [-0.39, 0.29) is 6.04 Å². The standard InChI is InChI=1S/C11H19N3O/c1-8(12)6-10-7-15-11(14-10)9-2-4-13-5-3-9/h7-9,13H,2-6,12H2,1H3. The molecule has 0 aliphatic carbocycles. The van der Waals surface area contributed by atoms with Gasteiger partial charge in [-0.25, -0.2) is 4.98 Å². The number of nitrogens with zero attached hydrogens (tertiary/aromatic N) is 1. The van der Waals surface area contributed by atoms with Gasteiger partial charge in [-0.05, 0) is 32.9 Å². The predicted octanol–water partition coefficient (Wildman–Crippen LogP) is 1.03. The van der Waals surface area contributed by atoms with Crippen molar-refractivity contribution in [3.63, 3.8) is 0 Å². The van der Waals surface area contributed by atoms with Crippen LogP contribution in [0.15, 0.2) is 10.7 Å². The molecule has 3 N–H and O–H groups in total. The minimum absolute atomic E-state index is 0.149. The molecule has 1 aliphatic heterocycles. The highest BCUT2D eigenvalue weighted by molar-refractivity contribution is 5.03. The van der Waals surface area contributed by atoms with Gasteiger partial charge < -0.3 is 15.5 Å². The lowest BCUT2D eigenvalue weighted by Gasteiger charge is -2.19. The van der Waals surface area contributed by atoms with Gasteiger partial charge in [0.05, 0.1) is 5.69 Å². The predicted molar refractivity (Wildman–Crippen MR) is 58.7 cm³/mol. The van der Waals surface area contributed by atoms with E-state index in [9.17, 15) is 0 Å². The topological polar surface area (TPSA) is 64.1 Å². The molecule has 4 heteroatoms. The second kappa shape index (κ2) is 4.77. The molecule has 1 aromatic heterocycles. The van der Waals surface area contributed by atoms with Crippen LogP contribution in [0.4, 0.5) is 0 Å². The molecule has 2 rings (SSSR count). The fourth-order valence-electron chi connectivity index (χ4n) is 2.00. The number of nitrogens with two attached hydrogens (primary N) is 1. The van der Waals surface area contributed by atoms with Crippen LogP contribution >= 0.6 is 0 Å². The highest BCUT2D eigenvalue weighted by atomic mass is 16.3. The summed E-state index contributed by atoms with van der Waals surface area (Å²) in [6, 6.07) is 0.149. The summed E-state index contributed by atoms with van der Waals surface area (Å²) in [4.78, 5) is 4.50. The molecule has 1 atom stereocenters. The normalized spacial score (nSPS) is 20.4. The minimum atomic E-state index is 0.149. The van der Waals surface area contributed by atoms with Crippen LogP contribution in [-0.4, -0.2) is 24.1 Å². The Morgan fingerprint density at radius 1 is 1.60 bits per heavy atom. The van der Waals surface area contributed by atoms with Gasteiger partial charge in [-0.1, -0.05) is 0 Å². The summed E-state index contributed by atoms with van der Waals surface area (Å²) >= 11 is 0. The molecule has 0 saturated carbocycles. The Labute approximate surface area is 90.2 Å². The van der Waals surface area contributed by atoms with Crippen LogP contribution in [0, 0.1) is 0 Å². The van der Waals surface area contributed by atoms with Crippen molar-refractivity contribution in [2.75, 3.05) is 13.1 Å². The van der Waals surface area contributed by atoms with Crippen LogP contribution in [0.25, 0.3) is 0 Å². The van der Waals surface area contributed by atoms with Gasteiger partial charge in [0, 0.05) is 18.4 Å². The van der Waals surface area contributed by atoms with Gasteiger partial charge in [0.1, 0.15) is 6.26 Å². The van der Waals surface area contributed by atoms with Crippen molar-refractivity contribution in [2.45, 2.75) is 38.1 Å². The molecule has 0 aromatic carbocycles. The zero-order valence-electron chi connectivity index (χ0n) is 9.20. The molecule has 15 heavy (non-hydrogen) atoms. The minimum Gasteiger partial charge on any atom is -0.448 e. The van der Waals surface area contributed by atoms with Crippen molar-refractivity contribution in [3.05, 3.63) is 17.8 Å². The third kappa shape index (κ3) is 2.79. The SMILES string of the molecule is CC(N)Cc1coc(C2CCNCC2)n1. The number of nitrogens with one attached hydrogen (secondary N) is 1. The summed E-state index contributed by atoms with van der Waals surface area (Å²) in [7, 11) is 0. The molecule has 1 aliphatic rings. The monoisotopic (exact) mass is 209 g/mol. The molecule has 0 bridgehead atoms. The number of rotatable bonds is 3. The lowest BCUT2D eigenvalue weighted by Crippen LogP contribution is -2.26. The molecular weight excluding hydrogens is 190 g/mol. The van der Waals surface area contributed by atoms with Crippen molar-refractivity contribution in [2.24, 2.45) is 5.73 Å². The first-order valence-electron chi connectivity index (χ1n) is 5.66. The van der Waals surface area contributed by atoms with Crippen LogP contribution in [0.2, 0.25) is 0 Å². The Morgan fingerprint density at radius 3 is 3.00 bits per heavy atom. The van der Waals surface area contributed by atoms with Gasteiger partial charge in [-0.2, -0.15) is 0 Å². The molecule has 0 amide bonds. The molecule has 84 valence electrons. The fraction of sp³-hybridized carbons (Fsp3) is 0.727. The molecule has 1 fully saturated rings. The molecule has 2 heterocycles. The quantitative estimate of drug-likeness (QED) is 0.780. The van der Waals surface area contributed by atoms with E-state index in [1.54, 1.807) is 6.26 Å². The van der Waals surface area contributed by atoms with Gasteiger partial charge in [-0.15, -0.1) is 0 Å². The zero-order chi connectivity index (χ0) is 10.7. The summed E-state index contributed by atoms with van der Waals surface area (Å²) in [5.74, 6) is 1.39. The summed E-state index contributed by atoms with van der Waals surface area (Å²) < 4.78 is 5.51. The van der Waals surface area contributed by atoms with Crippen molar-refractivity contribution in [1.82, 2.24) is 10.3 Å². The van der Waals surface area contributed by atoms with Crippen LogP contribution in [-0.2, 0) is 6.42 Å². The lowest BCUT2D eigenvalue weighted by molar-refractivity contribution is 0.374. The zero-order valence-corrected chi connectivity index (χ0v) is 9.20. The molecule has 1 unspecified atom stereocenters. The van der Waals surface area contributed by atoms with E-state index in [0.29, 0.717) is 5.92 Å². The van der Waals surface area contributed by atoms with Crippen molar-refractivity contribution >= 4 is 0 Å². The van der Waals surface area contributed by atoms with Crippen molar-refractivity contribution in [1.29, 1.82) is 0 Å². The smallest absolute Gasteiger partial charge is 0.197 e. The Morgan fingerprint density at radius 2 is 2.33 bits per heavy atom. The number of hydrogen-bond acceptors (Lipinski definition) is 4. The van der Waals surface area contributed by atoms with Crippen molar-refractivity contribution in [3.8, 4) is 0 Å². The summed E-state index contributed by atoms with van der Waals surface area (Å²) in [5, 5.41) is 3.33. The van der Waals surface area contributed by atoms with E-state index in [4.69, 9.17) is 10.2 Å². The molecular formula is C11H19N3O. The Balaban J connectivity index is 1.99. The Hall–Kier alpha value is -0.870. The molecule has 0 radical (unpaired) electrons. The summed E-state index contributed by atoms with van der Waals surface area (Å²) in [5.41, 5.74) is 6.71. The van der Waals surface area contributed by atoms with E-state index in [2.05, 4.69) is 10.3 Å². The van der Waals surface area contributed by atoms with Crippen LogP contribution in [0.5, 0.6) is 0 Å². The number of piperidine rings is 1. The molecule has 1 aromatic rings. The lowest BCUT2D eigenvalue weighted by atomic mass is 9.98. The number of aromatic nitrogens is 1. The maximum atomic E-state index is 5.72. The first-order valence-corrected chi connectivity index (χ1v) is 5.66. The average Bonchev–Trinajstić information content (AvgIpc) is 2.67. The summed E-state index contributed by atoms with van der Waals surface area (Å²) in [6.07, 6.45) is 4.80. The van der Waals surface area contributed by atoms with Gasteiger partial charge >= 0.3 is 0 Å². The summed E-state index contributed by atoms with van der Waals surface area (Å²) in [6.45, 7) is 4.12. The van der Waals surface area contributed by atoms with E-state index < -0.39 is 0 Å². The van der Waals surface area contributed by atoms with Crippen LogP contribution < -0.4 is 11.1 Å². The second-order valence-corrected chi connectivity index (χ2v) is 4.38.